The highest BCUT2D eigenvalue weighted by molar-refractivity contribution is 9.10. The lowest BCUT2D eigenvalue weighted by Gasteiger charge is -2.18. The smallest absolute Gasteiger partial charge is 0.165 e. The summed E-state index contributed by atoms with van der Waals surface area (Å²) in [6.45, 7) is 4.47. The van der Waals surface area contributed by atoms with Crippen molar-refractivity contribution in [1.82, 2.24) is 5.32 Å². The molecule has 2 aromatic rings. The topological polar surface area (TPSA) is 21.3 Å². The zero-order valence-corrected chi connectivity index (χ0v) is 13.4. The first-order chi connectivity index (χ1) is 10.0. The number of halogens is 3. The summed E-state index contributed by atoms with van der Waals surface area (Å²) in [5, 5.41) is 3.13. The van der Waals surface area contributed by atoms with Crippen molar-refractivity contribution in [2.24, 2.45) is 0 Å². The molecule has 0 fully saturated rings. The minimum Gasteiger partial charge on any atom is -0.454 e. The Morgan fingerprint density at radius 2 is 1.90 bits per heavy atom. The molecule has 1 N–H and O–H groups in total. The van der Waals surface area contributed by atoms with Gasteiger partial charge in [-0.3, -0.25) is 0 Å². The number of hydrogen-bond donors (Lipinski definition) is 1. The van der Waals surface area contributed by atoms with E-state index in [0.29, 0.717) is 22.3 Å². The van der Waals surface area contributed by atoms with Gasteiger partial charge in [0.25, 0.3) is 0 Å². The molecule has 0 amide bonds. The van der Waals surface area contributed by atoms with Crippen LogP contribution in [0, 0.1) is 11.6 Å². The summed E-state index contributed by atoms with van der Waals surface area (Å²) in [6, 6.07) is 8.70. The molecule has 0 radical (unpaired) electrons. The Balaban J connectivity index is 2.40. The summed E-state index contributed by atoms with van der Waals surface area (Å²) in [4.78, 5) is 0. The van der Waals surface area contributed by atoms with Gasteiger partial charge < -0.3 is 10.1 Å². The van der Waals surface area contributed by atoms with E-state index in [0.717, 1.165) is 0 Å². The van der Waals surface area contributed by atoms with Crippen LogP contribution in [0.3, 0.4) is 0 Å². The second kappa shape index (κ2) is 7.00. The van der Waals surface area contributed by atoms with Crippen LogP contribution >= 0.6 is 15.9 Å². The van der Waals surface area contributed by atoms with Gasteiger partial charge in [0.1, 0.15) is 11.6 Å². The average molecular weight is 356 g/mol. The molecule has 0 saturated carbocycles. The molecule has 112 valence electrons. The van der Waals surface area contributed by atoms with Gasteiger partial charge in [-0.1, -0.05) is 28.9 Å². The standard InChI is InChI=1S/C16H16BrF2NO/c1-3-20-10(2)16-13(19)5-4-6-14(16)21-15-9-11(17)7-8-12(15)18/h4-10,20H,3H2,1-2H3. The van der Waals surface area contributed by atoms with Crippen molar-refractivity contribution in [3.8, 4) is 11.5 Å². The lowest BCUT2D eigenvalue weighted by atomic mass is 10.1. The van der Waals surface area contributed by atoms with Gasteiger partial charge >= 0.3 is 0 Å². The van der Waals surface area contributed by atoms with Crippen LogP contribution in [0.4, 0.5) is 8.78 Å². The maximum absolute atomic E-state index is 14.1. The second-order valence-corrected chi connectivity index (χ2v) is 5.52. The molecule has 2 rings (SSSR count). The Labute approximate surface area is 131 Å². The van der Waals surface area contributed by atoms with Crippen molar-refractivity contribution in [3.63, 3.8) is 0 Å². The molecule has 2 aromatic carbocycles. The van der Waals surface area contributed by atoms with Crippen LogP contribution in [0.15, 0.2) is 40.9 Å². The predicted octanol–water partition coefficient (Wildman–Crippen LogP) is 5.19. The van der Waals surface area contributed by atoms with Gasteiger partial charge in [-0.05, 0) is 43.8 Å². The third-order valence-electron chi connectivity index (χ3n) is 3.07. The van der Waals surface area contributed by atoms with Gasteiger partial charge in [-0.2, -0.15) is 0 Å². The Hall–Kier alpha value is -1.46. The molecule has 1 unspecified atom stereocenters. The normalized spacial score (nSPS) is 12.2. The number of ether oxygens (including phenoxy) is 1. The van der Waals surface area contributed by atoms with E-state index in [1.54, 1.807) is 18.2 Å². The summed E-state index contributed by atoms with van der Waals surface area (Å²) in [5.74, 6) is -0.513. The fourth-order valence-electron chi connectivity index (χ4n) is 2.11. The van der Waals surface area contributed by atoms with Crippen LogP contribution in [0.25, 0.3) is 0 Å². The first kappa shape index (κ1) is 15.9. The Morgan fingerprint density at radius 1 is 1.14 bits per heavy atom. The fourth-order valence-corrected chi connectivity index (χ4v) is 2.45. The molecule has 0 aliphatic rings. The average Bonchev–Trinajstić information content (AvgIpc) is 2.43. The summed E-state index contributed by atoms with van der Waals surface area (Å²) in [6.07, 6.45) is 0. The third-order valence-corrected chi connectivity index (χ3v) is 3.56. The summed E-state index contributed by atoms with van der Waals surface area (Å²) in [7, 11) is 0. The van der Waals surface area contributed by atoms with Crippen molar-refractivity contribution < 1.29 is 13.5 Å². The van der Waals surface area contributed by atoms with E-state index in [1.165, 1.54) is 18.2 Å². The van der Waals surface area contributed by atoms with Crippen molar-refractivity contribution >= 4 is 15.9 Å². The van der Waals surface area contributed by atoms with Crippen molar-refractivity contribution in [1.29, 1.82) is 0 Å². The molecular weight excluding hydrogens is 340 g/mol. The molecule has 0 aliphatic carbocycles. The quantitative estimate of drug-likeness (QED) is 0.796. The minimum absolute atomic E-state index is 0.0555. The van der Waals surface area contributed by atoms with E-state index in [1.807, 2.05) is 13.8 Å². The zero-order chi connectivity index (χ0) is 15.4. The van der Waals surface area contributed by atoms with Gasteiger partial charge in [0.2, 0.25) is 0 Å². The number of rotatable bonds is 5. The molecule has 2 nitrogen and oxygen atoms in total. The van der Waals surface area contributed by atoms with E-state index < -0.39 is 5.82 Å². The SMILES string of the molecule is CCNC(C)c1c(F)cccc1Oc1cc(Br)ccc1F. The first-order valence-electron chi connectivity index (χ1n) is 6.67. The molecule has 0 saturated heterocycles. The van der Waals surface area contributed by atoms with Crippen LogP contribution in [-0.4, -0.2) is 6.54 Å². The van der Waals surface area contributed by atoms with Crippen LogP contribution in [0.2, 0.25) is 0 Å². The molecular formula is C16H16BrF2NO. The van der Waals surface area contributed by atoms with Crippen LogP contribution in [0.1, 0.15) is 25.5 Å². The largest absolute Gasteiger partial charge is 0.454 e. The van der Waals surface area contributed by atoms with Gasteiger partial charge in [0, 0.05) is 16.1 Å². The number of hydrogen-bond acceptors (Lipinski definition) is 2. The summed E-state index contributed by atoms with van der Waals surface area (Å²) < 4.78 is 34.1. The van der Waals surface area contributed by atoms with Crippen molar-refractivity contribution in [3.05, 3.63) is 58.1 Å². The maximum Gasteiger partial charge on any atom is 0.165 e. The highest BCUT2D eigenvalue weighted by Gasteiger charge is 2.17. The number of benzene rings is 2. The lowest BCUT2D eigenvalue weighted by Crippen LogP contribution is -2.19. The Morgan fingerprint density at radius 3 is 2.62 bits per heavy atom. The summed E-state index contributed by atoms with van der Waals surface area (Å²) >= 11 is 3.26. The van der Waals surface area contributed by atoms with Gasteiger partial charge in [-0.25, -0.2) is 8.78 Å². The monoisotopic (exact) mass is 355 g/mol. The minimum atomic E-state index is -0.496. The summed E-state index contributed by atoms with van der Waals surface area (Å²) in [5.41, 5.74) is 0.388. The molecule has 21 heavy (non-hydrogen) atoms. The van der Waals surface area contributed by atoms with Crippen molar-refractivity contribution in [2.45, 2.75) is 19.9 Å². The fraction of sp³-hybridized carbons (Fsp3) is 0.250. The third kappa shape index (κ3) is 3.80. The van der Waals surface area contributed by atoms with E-state index >= 15 is 0 Å². The molecule has 0 bridgehead atoms. The van der Waals surface area contributed by atoms with E-state index in [-0.39, 0.29) is 17.6 Å². The zero-order valence-electron chi connectivity index (χ0n) is 11.8. The first-order valence-corrected chi connectivity index (χ1v) is 7.47. The molecule has 0 spiro atoms. The van der Waals surface area contributed by atoms with Gasteiger partial charge in [0.15, 0.2) is 11.6 Å². The molecule has 5 heteroatoms. The lowest BCUT2D eigenvalue weighted by molar-refractivity contribution is 0.421. The van der Waals surface area contributed by atoms with E-state index in [9.17, 15) is 8.78 Å². The number of nitrogens with one attached hydrogen (secondary N) is 1. The van der Waals surface area contributed by atoms with Crippen LogP contribution in [0.5, 0.6) is 11.5 Å². The highest BCUT2D eigenvalue weighted by atomic mass is 79.9. The Kier molecular flexibility index (Phi) is 5.31. The molecule has 0 heterocycles. The second-order valence-electron chi connectivity index (χ2n) is 4.61. The van der Waals surface area contributed by atoms with Gasteiger partial charge in [0.05, 0.1) is 0 Å². The molecule has 1 atom stereocenters. The highest BCUT2D eigenvalue weighted by Crippen LogP contribution is 2.33. The van der Waals surface area contributed by atoms with E-state index in [2.05, 4.69) is 21.2 Å². The molecule has 0 aromatic heterocycles. The maximum atomic E-state index is 14.1. The van der Waals surface area contributed by atoms with Crippen LogP contribution < -0.4 is 10.1 Å². The predicted molar refractivity (Wildman–Crippen MR) is 82.7 cm³/mol. The van der Waals surface area contributed by atoms with Gasteiger partial charge in [-0.15, -0.1) is 0 Å². The van der Waals surface area contributed by atoms with Crippen molar-refractivity contribution in [2.75, 3.05) is 6.54 Å². The van der Waals surface area contributed by atoms with E-state index in [4.69, 9.17) is 4.74 Å². The van der Waals surface area contributed by atoms with Crippen LogP contribution in [-0.2, 0) is 0 Å². The Bertz CT molecular complexity index is 634. The molecule has 0 aliphatic heterocycles.